The lowest BCUT2D eigenvalue weighted by molar-refractivity contribution is -0.142. The average Bonchev–Trinajstić information content (AvgIpc) is 2.64. The van der Waals surface area contributed by atoms with Gasteiger partial charge in [-0.25, -0.2) is 0 Å². The van der Waals surface area contributed by atoms with Gasteiger partial charge in [0.1, 0.15) is 11.8 Å². The molecule has 162 valence electrons. The fourth-order valence-electron chi connectivity index (χ4n) is 2.97. The Balaban J connectivity index is 2.21. The summed E-state index contributed by atoms with van der Waals surface area (Å²) in [6, 6.07) is 13.0. The van der Waals surface area contributed by atoms with Crippen molar-refractivity contribution >= 4 is 27.7 Å². The van der Waals surface area contributed by atoms with Gasteiger partial charge in [-0.15, -0.1) is 0 Å². The summed E-state index contributed by atoms with van der Waals surface area (Å²) in [6.45, 7) is 11.6. The van der Waals surface area contributed by atoms with Crippen molar-refractivity contribution in [1.82, 2.24) is 10.2 Å². The first-order valence-electron chi connectivity index (χ1n) is 10.0. The van der Waals surface area contributed by atoms with E-state index in [4.69, 9.17) is 4.74 Å². The number of halogens is 1. The summed E-state index contributed by atoms with van der Waals surface area (Å²) in [5.41, 5.74) is 2.57. The third-order valence-corrected chi connectivity index (χ3v) is 5.10. The normalized spacial score (nSPS) is 12.2. The predicted molar refractivity (Wildman–Crippen MR) is 123 cm³/mol. The molecule has 2 amide bonds. The van der Waals surface area contributed by atoms with E-state index >= 15 is 0 Å². The Morgan fingerprint density at radius 1 is 1.13 bits per heavy atom. The highest BCUT2D eigenvalue weighted by Crippen LogP contribution is 2.20. The van der Waals surface area contributed by atoms with Crippen LogP contribution in [0.2, 0.25) is 0 Å². The molecular formula is C24H31BrN2O3. The van der Waals surface area contributed by atoms with Gasteiger partial charge in [-0.2, -0.15) is 0 Å². The largest absolute Gasteiger partial charge is 0.483 e. The van der Waals surface area contributed by atoms with Crippen LogP contribution in [0.15, 0.2) is 46.9 Å². The summed E-state index contributed by atoms with van der Waals surface area (Å²) in [4.78, 5) is 27.5. The highest BCUT2D eigenvalue weighted by molar-refractivity contribution is 9.10. The molecule has 2 rings (SSSR count). The van der Waals surface area contributed by atoms with Gasteiger partial charge >= 0.3 is 0 Å². The number of carbonyl (C=O) groups excluding carboxylic acids is 2. The Labute approximate surface area is 187 Å². The minimum Gasteiger partial charge on any atom is -0.483 e. The maximum atomic E-state index is 13.1. The predicted octanol–water partition coefficient (Wildman–Crippen LogP) is 4.78. The van der Waals surface area contributed by atoms with E-state index in [-0.39, 0.29) is 24.0 Å². The lowest BCUT2D eigenvalue weighted by Gasteiger charge is -2.31. The van der Waals surface area contributed by atoms with Crippen LogP contribution >= 0.6 is 15.9 Å². The number of amides is 2. The van der Waals surface area contributed by atoms with Crippen molar-refractivity contribution in [3.8, 4) is 5.75 Å². The van der Waals surface area contributed by atoms with E-state index in [1.165, 1.54) is 0 Å². The first kappa shape index (κ1) is 23.9. The lowest BCUT2D eigenvalue weighted by Crippen LogP contribution is -2.53. The maximum absolute atomic E-state index is 13.1. The first-order chi connectivity index (χ1) is 14.0. The lowest BCUT2D eigenvalue weighted by atomic mass is 10.1. The monoisotopic (exact) mass is 474 g/mol. The molecule has 0 radical (unpaired) electrons. The molecule has 0 spiro atoms. The molecule has 0 aliphatic carbocycles. The number of carbonyl (C=O) groups is 2. The Bertz CT molecular complexity index is 906. The SMILES string of the molecule is Cc1ccc(C)c(OCC(=O)N(Cc2cccc(Br)c2)[C@H](C)C(=O)NC(C)(C)C)c1. The van der Waals surface area contributed by atoms with Gasteiger partial charge < -0.3 is 15.0 Å². The topological polar surface area (TPSA) is 58.6 Å². The second-order valence-electron chi connectivity index (χ2n) is 8.62. The van der Waals surface area contributed by atoms with E-state index in [0.29, 0.717) is 12.3 Å². The summed E-state index contributed by atoms with van der Waals surface area (Å²) in [7, 11) is 0. The van der Waals surface area contributed by atoms with Crippen molar-refractivity contribution < 1.29 is 14.3 Å². The molecule has 1 atom stereocenters. The third kappa shape index (κ3) is 7.17. The quantitative estimate of drug-likeness (QED) is 0.628. The van der Waals surface area contributed by atoms with Crippen molar-refractivity contribution in [3.05, 3.63) is 63.6 Å². The highest BCUT2D eigenvalue weighted by atomic mass is 79.9. The Hall–Kier alpha value is -2.34. The molecule has 5 nitrogen and oxygen atoms in total. The summed E-state index contributed by atoms with van der Waals surface area (Å²) < 4.78 is 6.74. The molecule has 6 heteroatoms. The van der Waals surface area contributed by atoms with E-state index in [9.17, 15) is 9.59 Å². The Morgan fingerprint density at radius 2 is 1.83 bits per heavy atom. The van der Waals surface area contributed by atoms with Gasteiger partial charge in [0.15, 0.2) is 6.61 Å². The summed E-state index contributed by atoms with van der Waals surface area (Å²) in [5.74, 6) is 0.238. The second kappa shape index (κ2) is 10.1. The zero-order valence-electron chi connectivity index (χ0n) is 18.6. The molecule has 0 aromatic heterocycles. The molecule has 0 bridgehead atoms. The number of nitrogens with one attached hydrogen (secondary N) is 1. The van der Waals surface area contributed by atoms with Crippen LogP contribution in [0.4, 0.5) is 0 Å². The Kier molecular flexibility index (Phi) is 8.07. The van der Waals surface area contributed by atoms with Crippen LogP contribution in [0, 0.1) is 13.8 Å². The second-order valence-corrected chi connectivity index (χ2v) is 9.54. The molecule has 0 unspecified atom stereocenters. The van der Waals surface area contributed by atoms with Crippen molar-refractivity contribution in [2.75, 3.05) is 6.61 Å². The van der Waals surface area contributed by atoms with Crippen molar-refractivity contribution in [1.29, 1.82) is 0 Å². The number of rotatable bonds is 7. The summed E-state index contributed by atoms with van der Waals surface area (Å²) in [5, 5.41) is 2.96. The van der Waals surface area contributed by atoms with E-state index in [1.807, 2.05) is 77.1 Å². The zero-order valence-corrected chi connectivity index (χ0v) is 20.2. The fraction of sp³-hybridized carbons (Fsp3) is 0.417. The first-order valence-corrected chi connectivity index (χ1v) is 10.8. The van der Waals surface area contributed by atoms with Crippen molar-refractivity contribution in [3.63, 3.8) is 0 Å². The Morgan fingerprint density at radius 3 is 2.47 bits per heavy atom. The number of aryl methyl sites for hydroxylation is 2. The van der Waals surface area contributed by atoms with Gasteiger partial charge in [0.25, 0.3) is 5.91 Å². The van der Waals surface area contributed by atoms with E-state index in [2.05, 4.69) is 21.2 Å². The van der Waals surface area contributed by atoms with Gasteiger partial charge in [0, 0.05) is 16.6 Å². The maximum Gasteiger partial charge on any atom is 0.261 e. The number of ether oxygens (including phenoxy) is 1. The molecular weight excluding hydrogens is 444 g/mol. The summed E-state index contributed by atoms with van der Waals surface area (Å²) >= 11 is 3.46. The molecule has 0 saturated heterocycles. The standard InChI is InChI=1S/C24H31BrN2O3/c1-16-10-11-17(2)21(12-16)30-15-22(28)27(14-19-8-7-9-20(25)13-19)18(3)23(29)26-24(4,5)6/h7-13,18H,14-15H2,1-6H3,(H,26,29)/t18-/m1/s1. The van der Waals surface area contributed by atoms with Gasteiger partial charge in [0.05, 0.1) is 0 Å². The molecule has 0 aliphatic heterocycles. The molecule has 30 heavy (non-hydrogen) atoms. The molecule has 0 fully saturated rings. The number of nitrogens with zero attached hydrogens (tertiary/aromatic N) is 1. The van der Waals surface area contributed by atoms with Gasteiger partial charge in [-0.1, -0.05) is 40.2 Å². The van der Waals surface area contributed by atoms with Crippen LogP contribution in [0.3, 0.4) is 0 Å². The third-order valence-electron chi connectivity index (χ3n) is 4.60. The number of benzene rings is 2. The van der Waals surface area contributed by atoms with Crippen LogP contribution in [0.25, 0.3) is 0 Å². The number of hydrogen-bond donors (Lipinski definition) is 1. The molecule has 0 saturated carbocycles. The van der Waals surface area contributed by atoms with Crippen molar-refractivity contribution in [2.24, 2.45) is 0 Å². The van der Waals surface area contributed by atoms with Crippen molar-refractivity contribution in [2.45, 2.75) is 59.7 Å². The zero-order chi connectivity index (χ0) is 22.5. The molecule has 2 aromatic rings. The van der Waals surface area contributed by atoms with Crippen LogP contribution in [-0.4, -0.2) is 34.9 Å². The van der Waals surface area contributed by atoms with Crippen LogP contribution in [0.1, 0.15) is 44.4 Å². The van der Waals surface area contributed by atoms with Crippen LogP contribution < -0.4 is 10.1 Å². The van der Waals surface area contributed by atoms with E-state index < -0.39 is 6.04 Å². The van der Waals surface area contributed by atoms with E-state index in [0.717, 1.165) is 21.2 Å². The molecule has 0 heterocycles. The summed E-state index contributed by atoms with van der Waals surface area (Å²) in [6.07, 6.45) is 0. The van der Waals surface area contributed by atoms with Gasteiger partial charge in [0.2, 0.25) is 5.91 Å². The average molecular weight is 475 g/mol. The fourth-order valence-corrected chi connectivity index (χ4v) is 3.42. The van der Waals surface area contributed by atoms with E-state index in [1.54, 1.807) is 11.8 Å². The minimum absolute atomic E-state index is 0.133. The number of hydrogen-bond acceptors (Lipinski definition) is 3. The molecule has 0 aliphatic rings. The highest BCUT2D eigenvalue weighted by Gasteiger charge is 2.28. The smallest absolute Gasteiger partial charge is 0.261 e. The molecule has 1 N–H and O–H groups in total. The molecule has 2 aromatic carbocycles. The van der Waals surface area contributed by atoms with Gasteiger partial charge in [-0.3, -0.25) is 9.59 Å². The van der Waals surface area contributed by atoms with Gasteiger partial charge in [-0.05, 0) is 76.4 Å². The van der Waals surface area contributed by atoms with Crippen LogP contribution in [-0.2, 0) is 16.1 Å². The van der Waals surface area contributed by atoms with Crippen LogP contribution in [0.5, 0.6) is 5.75 Å². The minimum atomic E-state index is -0.641.